The average molecular weight is 233 g/mol. The molecule has 0 aliphatic heterocycles. The maximum absolute atomic E-state index is 10.6. The van der Waals surface area contributed by atoms with Crippen molar-refractivity contribution in [2.45, 2.75) is 6.61 Å². The van der Waals surface area contributed by atoms with Gasteiger partial charge in [-0.3, -0.25) is 0 Å². The Kier molecular flexibility index (Phi) is 3.04. The third-order valence-corrected chi connectivity index (χ3v) is 2.27. The minimum Gasteiger partial charge on any atom is -0.486 e. The standard InChI is InChI=1S/C11H11N3O3/c1-14-7-12-13-10(14)6-17-9-4-2-8(3-5-9)11(15)16/h2-5,7H,6H2,1H3,(H,15,16). The second kappa shape index (κ2) is 4.65. The van der Waals surface area contributed by atoms with Crippen LogP contribution in [0.2, 0.25) is 0 Å². The van der Waals surface area contributed by atoms with E-state index in [1.165, 1.54) is 12.1 Å². The molecule has 0 spiro atoms. The second-order valence-corrected chi connectivity index (χ2v) is 3.48. The first-order chi connectivity index (χ1) is 8.16. The molecule has 0 aliphatic carbocycles. The highest BCUT2D eigenvalue weighted by Crippen LogP contribution is 2.13. The Bertz CT molecular complexity index is 519. The molecule has 17 heavy (non-hydrogen) atoms. The third kappa shape index (κ3) is 2.60. The number of aryl methyl sites for hydroxylation is 1. The Morgan fingerprint density at radius 3 is 2.65 bits per heavy atom. The lowest BCUT2D eigenvalue weighted by atomic mass is 10.2. The smallest absolute Gasteiger partial charge is 0.335 e. The van der Waals surface area contributed by atoms with Crippen LogP contribution in [0.1, 0.15) is 16.2 Å². The molecule has 0 unspecified atom stereocenters. The molecule has 0 saturated heterocycles. The average Bonchev–Trinajstić information content (AvgIpc) is 2.73. The highest BCUT2D eigenvalue weighted by atomic mass is 16.5. The fraction of sp³-hybridized carbons (Fsp3) is 0.182. The molecule has 0 radical (unpaired) electrons. The molecule has 1 aromatic heterocycles. The lowest BCUT2D eigenvalue weighted by Crippen LogP contribution is -2.03. The monoisotopic (exact) mass is 233 g/mol. The normalized spacial score (nSPS) is 10.2. The van der Waals surface area contributed by atoms with Gasteiger partial charge in [0.05, 0.1) is 5.56 Å². The van der Waals surface area contributed by atoms with Gasteiger partial charge in [0.25, 0.3) is 0 Å². The van der Waals surface area contributed by atoms with Crippen molar-refractivity contribution in [2.75, 3.05) is 0 Å². The Morgan fingerprint density at radius 2 is 2.12 bits per heavy atom. The van der Waals surface area contributed by atoms with Crippen molar-refractivity contribution in [2.24, 2.45) is 7.05 Å². The summed E-state index contributed by atoms with van der Waals surface area (Å²) >= 11 is 0. The molecule has 0 amide bonds. The Morgan fingerprint density at radius 1 is 1.41 bits per heavy atom. The number of hydrogen-bond acceptors (Lipinski definition) is 4. The number of benzene rings is 1. The van der Waals surface area contributed by atoms with Crippen molar-refractivity contribution in [3.63, 3.8) is 0 Å². The van der Waals surface area contributed by atoms with Gasteiger partial charge in [-0.25, -0.2) is 4.79 Å². The van der Waals surface area contributed by atoms with Crippen LogP contribution in [0.25, 0.3) is 0 Å². The summed E-state index contributed by atoms with van der Waals surface area (Å²) in [7, 11) is 1.83. The van der Waals surface area contributed by atoms with E-state index in [-0.39, 0.29) is 5.56 Å². The molecule has 2 rings (SSSR count). The van der Waals surface area contributed by atoms with Gasteiger partial charge in [0, 0.05) is 7.05 Å². The van der Waals surface area contributed by atoms with Gasteiger partial charge in [0.2, 0.25) is 0 Å². The largest absolute Gasteiger partial charge is 0.486 e. The topological polar surface area (TPSA) is 77.2 Å². The predicted octanol–water partition coefficient (Wildman–Crippen LogP) is 1.09. The molecule has 6 heteroatoms. The zero-order valence-electron chi connectivity index (χ0n) is 9.20. The summed E-state index contributed by atoms with van der Waals surface area (Å²) in [6.45, 7) is 0.295. The molecule has 0 fully saturated rings. The van der Waals surface area contributed by atoms with E-state index in [2.05, 4.69) is 10.2 Å². The fourth-order valence-electron chi connectivity index (χ4n) is 1.28. The minimum absolute atomic E-state index is 0.232. The Hall–Kier alpha value is -2.37. The van der Waals surface area contributed by atoms with E-state index in [0.29, 0.717) is 18.2 Å². The molecule has 0 saturated carbocycles. The van der Waals surface area contributed by atoms with Crippen LogP contribution >= 0.6 is 0 Å². The maximum Gasteiger partial charge on any atom is 0.335 e. The van der Waals surface area contributed by atoms with Crippen LogP contribution in [0.5, 0.6) is 5.75 Å². The summed E-state index contributed by atoms with van der Waals surface area (Å²) in [6, 6.07) is 6.21. The van der Waals surface area contributed by atoms with E-state index < -0.39 is 5.97 Å². The summed E-state index contributed by atoms with van der Waals surface area (Å²) in [5.41, 5.74) is 0.232. The summed E-state index contributed by atoms with van der Waals surface area (Å²) in [6.07, 6.45) is 1.59. The van der Waals surface area contributed by atoms with Crippen LogP contribution in [0, 0.1) is 0 Å². The molecule has 0 bridgehead atoms. The number of aromatic nitrogens is 3. The number of rotatable bonds is 4. The molecular weight excluding hydrogens is 222 g/mol. The van der Waals surface area contributed by atoms with Crippen LogP contribution in [0.4, 0.5) is 0 Å². The van der Waals surface area contributed by atoms with E-state index in [9.17, 15) is 4.79 Å². The number of ether oxygens (including phenoxy) is 1. The highest BCUT2D eigenvalue weighted by molar-refractivity contribution is 5.87. The molecule has 0 atom stereocenters. The molecule has 1 aromatic carbocycles. The van der Waals surface area contributed by atoms with Crippen LogP contribution in [0.3, 0.4) is 0 Å². The Balaban J connectivity index is 2.00. The zero-order chi connectivity index (χ0) is 12.3. The molecule has 6 nitrogen and oxygen atoms in total. The van der Waals surface area contributed by atoms with E-state index in [0.717, 1.165) is 0 Å². The number of carbonyl (C=O) groups is 1. The summed E-state index contributed by atoms with van der Waals surface area (Å²) in [5.74, 6) is 0.343. The van der Waals surface area contributed by atoms with Crippen LogP contribution < -0.4 is 4.74 Å². The summed E-state index contributed by atoms with van der Waals surface area (Å²) < 4.78 is 7.21. The van der Waals surface area contributed by atoms with Gasteiger partial charge in [-0.05, 0) is 24.3 Å². The number of carboxylic acid groups (broad SMARTS) is 1. The second-order valence-electron chi connectivity index (χ2n) is 3.48. The zero-order valence-corrected chi connectivity index (χ0v) is 9.20. The lowest BCUT2D eigenvalue weighted by Gasteiger charge is -2.05. The third-order valence-electron chi connectivity index (χ3n) is 2.27. The molecule has 1 N–H and O–H groups in total. The minimum atomic E-state index is -0.954. The van der Waals surface area contributed by atoms with E-state index in [1.807, 2.05) is 7.05 Å². The molecule has 0 aliphatic rings. The van der Waals surface area contributed by atoms with Crippen molar-refractivity contribution in [1.29, 1.82) is 0 Å². The number of nitrogens with zero attached hydrogens (tertiary/aromatic N) is 3. The first-order valence-electron chi connectivity index (χ1n) is 4.96. The Labute approximate surface area is 97.5 Å². The first-order valence-corrected chi connectivity index (χ1v) is 4.96. The quantitative estimate of drug-likeness (QED) is 0.855. The first kappa shape index (κ1) is 11.1. The van der Waals surface area contributed by atoms with Crippen LogP contribution in [0.15, 0.2) is 30.6 Å². The van der Waals surface area contributed by atoms with Crippen molar-refractivity contribution in [3.8, 4) is 5.75 Å². The van der Waals surface area contributed by atoms with Crippen molar-refractivity contribution in [1.82, 2.24) is 14.8 Å². The lowest BCUT2D eigenvalue weighted by molar-refractivity contribution is 0.0697. The summed E-state index contributed by atoms with van der Waals surface area (Å²) in [4.78, 5) is 10.6. The van der Waals surface area contributed by atoms with Crippen LogP contribution in [-0.4, -0.2) is 25.8 Å². The number of hydrogen-bond donors (Lipinski definition) is 1. The van der Waals surface area contributed by atoms with Gasteiger partial charge < -0.3 is 14.4 Å². The van der Waals surface area contributed by atoms with Gasteiger partial charge in [-0.2, -0.15) is 0 Å². The van der Waals surface area contributed by atoms with Gasteiger partial charge in [0.1, 0.15) is 18.7 Å². The molecular formula is C11H11N3O3. The van der Waals surface area contributed by atoms with Crippen molar-refractivity contribution in [3.05, 3.63) is 42.0 Å². The number of carboxylic acids is 1. The van der Waals surface area contributed by atoms with Gasteiger partial charge in [-0.15, -0.1) is 10.2 Å². The SMILES string of the molecule is Cn1cnnc1COc1ccc(C(=O)O)cc1. The van der Waals surface area contributed by atoms with E-state index >= 15 is 0 Å². The maximum atomic E-state index is 10.6. The van der Waals surface area contributed by atoms with Crippen LogP contribution in [-0.2, 0) is 13.7 Å². The van der Waals surface area contributed by atoms with E-state index in [1.54, 1.807) is 23.0 Å². The highest BCUT2D eigenvalue weighted by Gasteiger charge is 2.04. The summed E-state index contributed by atoms with van der Waals surface area (Å²) in [5, 5.41) is 16.3. The van der Waals surface area contributed by atoms with Gasteiger partial charge >= 0.3 is 5.97 Å². The number of aromatic carboxylic acids is 1. The van der Waals surface area contributed by atoms with E-state index in [4.69, 9.17) is 9.84 Å². The predicted molar refractivity (Wildman–Crippen MR) is 58.7 cm³/mol. The van der Waals surface area contributed by atoms with Gasteiger partial charge in [0.15, 0.2) is 5.82 Å². The molecule has 2 aromatic rings. The molecule has 88 valence electrons. The molecule has 1 heterocycles. The van der Waals surface area contributed by atoms with Crippen molar-refractivity contribution < 1.29 is 14.6 Å². The van der Waals surface area contributed by atoms with Gasteiger partial charge in [-0.1, -0.05) is 0 Å². The van der Waals surface area contributed by atoms with Crippen molar-refractivity contribution >= 4 is 5.97 Å². The fourth-order valence-corrected chi connectivity index (χ4v) is 1.28.